The van der Waals surface area contributed by atoms with Crippen molar-refractivity contribution in [3.8, 4) is 5.88 Å². The van der Waals surface area contributed by atoms with E-state index in [1.165, 1.54) is 18.0 Å². The Labute approximate surface area is 251 Å². The average Bonchev–Trinajstić information content (AvgIpc) is 3.42. The predicted octanol–water partition coefficient (Wildman–Crippen LogP) is 4.51. The predicted molar refractivity (Wildman–Crippen MR) is 154 cm³/mol. The van der Waals surface area contributed by atoms with Gasteiger partial charge in [-0.2, -0.15) is 31.6 Å². The normalized spacial score (nSPS) is 26.3. The first kappa shape index (κ1) is 34.0. The summed E-state index contributed by atoms with van der Waals surface area (Å²) in [5.74, 6) is -0.200. The smallest absolute Gasteiger partial charge is 0.479 e. The maximum absolute atomic E-state index is 13.7. The number of fused-ring (bicyclic) bond motifs is 2. The Balaban J connectivity index is 1.93. The molecule has 2 aliphatic rings. The van der Waals surface area contributed by atoms with Gasteiger partial charge in [0.1, 0.15) is 12.2 Å². The molecule has 2 aliphatic heterocycles. The molecule has 0 saturated carbocycles. The molecule has 0 radical (unpaired) electrons. The summed E-state index contributed by atoms with van der Waals surface area (Å²) in [6.07, 6.45) is -4.48. The van der Waals surface area contributed by atoms with Gasteiger partial charge >= 0.3 is 32.7 Å². The van der Waals surface area contributed by atoms with E-state index in [0.717, 1.165) is 0 Å². The van der Waals surface area contributed by atoms with Crippen molar-refractivity contribution in [2.75, 3.05) is 19.5 Å². The maximum atomic E-state index is 13.7. The number of alkyl halides is 3. The highest BCUT2D eigenvalue weighted by Crippen LogP contribution is 2.49. The van der Waals surface area contributed by atoms with Gasteiger partial charge in [0.25, 0.3) is 0 Å². The van der Waals surface area contributed by atoms with E-state index in [9.17, 15) is 21.6 Å². The molecule has 4 atom stereocenters. The quantitative estimate of drug-likeness (QED) is 0.238. The Hall–Kier alpha value is -1.88. The first-order valence-electron chi connectivity index (χ1n) is 14.0. The second-order valence-electron chi connectivity index (χ2n) is 12.0. The van der Waals surface area contributed by atoms with Crippen LogP contribution in [-0.2, 0) is 32.0 Å². The van der Waals surface area contributed by atoms with E-state index < -0.39 is 57.3 Å². The number of halogens is 3. The Morgan fingerprint density at radius 1 is 1.02 bits per heavy atom. The number of nitrogen functional groups attached to an aromatic ring is 1. The summed E-state index contributed by atoms with van der Waals surface area (Å²) < 4.78 is 104. The van der Waals surface area contributed by atoms with Crippen molar-refractivity contribution in [3.05, 3.63) is 6.33 Å². The molecule has 0 unspecified atom stereocenters. The molecule has 4 heterocycles. The van der Waals surface area contributed by atoms with Crippen molar-refractivity contribution in [2.45, 2.75) is 108 Å². The fraction of sp³-hybridized carbons (Fsp3) is 0.792. The minimum atomic E-state index is -6.11. The van der Waals surface area contributed by atoms with Crippen molar-refractivity contribution in [1.82, 2.24) is 19.5 Å². The number of aromatic nitrogens is 4. The molecule has 0 bridgehead atoms. The minimum absolute atomic E-state index is 0.00863. The summed E-state index contributed by atoms with van der Waals surface area (Å²) in [7, 11) is -11.2. The summed E-state index contributed by atoms with van der Waals surface area (Å²) in [5, 5.41) is 0. The lowest BCUT2D eigenvalue weighted by Crippen LogP contribution is -2.66. The highest BCUT2D eigenvalue weighted by molar-refractivity contribution is 7.87. The third kappa shape index (κ3) is 5.82. The molecule has 244 valence electrons. The highest BCUT2D eigenvalue weighted by atomic mass is 32.2. The van der Waals surface area contributed by atoms with Gasteiger partial charge in [0.05, 0.1) is 20.0 Å². The van der Waals surface area contributed by atoms with Gasteiger partial charge in [-0.25, -0.2) is 4.98 Å². The molecule has 4 rings (SSSR count). The van der Waals surface area contributed by atoms with Crippen LogP contribution in [0, 0.1) is 0 Å². The molecule has 0 aromatic carbocycles. The number of nitrogens with two attached hydrogens (primary N) is 1. The van der Waals surface area contributed by atoms with E-state index in [2.05, 4.69) is 15.0 Å². The zero-order valence-electron chi connectivity index (χ0n) is 25.6. The van der Waals surface area contributed by atoms with Crippen LogP contribution in [-0.4, -0.2) is 82.6 Å². The molecule has 2 N–H and O–H groups in total. The van der Waals surface area contributed by atoms with Crippen molar-refractivity contribution in [2.24, 2.45) is 0 Å². The molecule has 0 aliphatic carbocycles. The number of nitrogens with zero attached hydrogens (tertiary/aromatic N) is 4. The molecule has 2 aromatic heterocycles. The maximum Gasteiger partial charge on any atom is 0.523 e. The number of imidazole rings is 1. The van der Waals surface area contributed by atoms with E-state index in [-0.39, 0.29) is 51.8 Å². The molecule has 2 aromatic rings. The Morgan fingerprint density at radius 2 is 1.60 bits per heavy atom. The Kier molecular flexibility index (Phi) is 9.34. The molecule has 2 saturated heterocycles. The van der Waals surface area contributed by atoms with Crippen LogP contribution >= 0.6 is 0 Å². The lowest BCUT2D eigenvalue weighted by molar-refractivity contribution is -0.0694. The van der Waals surface area contributed by atoms with Crippen LogP contribution in [0.1, 0.15) is 61.6 Å². The van der Waals surface area contributed by atoms with Crippen LogP contribution in [0.3, 0.4) is 0 Å². The lowest BCUT2D eigenvalue weighted by Gasteiger charge is -2.51. The van der Waals surface area contributed by atoms with Crippen molar-refractivity contribution >= 4 is 44.4 Å². The van der Waals surface area contributed by atoms with Gasteiger partial charge in [0.15, 0.2) is 23.5 Å². The van der Waals surface area contributed by atoms with E-state index >= 15 is 0 Å². The fourth-order valence-electron chi connectivity index (χ4n) is 5.89. The highest BCUT2D eigenvalue weighted by Gasteiger charge is 2.63. The van der Waals surface area contributed by atoms with E-state index in [1.807, 2.05) is 55.4 Å². The van der Waals surface area contributed by atoms with Gasteiger partial charge in [-0.1, -0.05) is 55.4 Å². The first-order valence-corrected chi connectivity index (χ1v) is 19.4. The number of rotatable bonds is 8. The monoisotopic (exact) mass is 671 g/mol. The average molecular weight is 672 g/mol. The van der Waals surface area contributed by atoms with Crippen LogP contribution in [0.4, 0.5) is 19.1 Å². The molecule has 2 fully saturated rings. The SMILES string of the molecule is COc1nc(N)nc2c1ncn2[C@@H]1O[C@@H]2CO[Si](C(C)C)(C(C)C)O[Si](C(C)C)(C(C)C)O[C@H]2[C@H]1OS(=O)(=O)C(F)(F)F. The number of methoxy groups -OCH3 is 1. The van der Waals surface area contributed by atoms with Gasteiger partial charge in [-0.3, -0.25) is 8.75 Å². The first-order chi connectivity index (χ1) is 19.8. The van der Waals surface area contributed by atoms with Crippen molar-refractivity contribution in [3.63, 3.8) is 0 Å². The molecule has 0 spiro atoms. The van der Waals surface area contributed by atoms with Gasteiger partial charge in [-0.15, -0.1) is 0 Å². The topological polar surface area (TPSA) is 159 Å². The Morgan fingerprint density at radius 3 is 2.12 bits per heavy atom. The van der Waals surface area contributed by atoms with Crippen LogP contribution in [0.5, 0.6) is 5.88 Å². The molecule has 0 amide bonds. The standard InChI is InChI=1S/C24H40F3N5O8SSi2/c1-12(2)42(13(3)4)36-10-16-18(39-43(40-42,14(5)6)15(7)8)19(38-41(33,34)24(25,26)27)22(37-16)32-11-29-17-20(32)30-23(28)31-21(17)35-9/h11-16,18-19,22H,10H2,1-9H3,(H2,28,30,31)/t16-,18-,19-,22-/m1/s1. The summed E-state index contributed by atoms with van der Waals surface area (Å²) >= 11 is 0. The van der Waals surface area contributed by atoms with Crippen molar-refractivity contribution in [1.29, 1.82) is 0 Å². The third-order valence-corrected chi connectivity index (χ3v) is 19.3. The van der Waals surface area contributed by atoms with Crippen molar-refractivity contribution < 1.29 is 48.2 Å². The lowest BCUT2D eigenvalue weighted by atomic mass is 10.1. The fourth-order valence-corrected chi connectivity index (χ4v) is 17.7. The van der Waals surface area contributed by atoms with E-state index in [1.54, 1.807) is 0 Å². The molecule has 19 heteroatoms. The van der Waals surface area contributed by atoms with E-state index in [4.69, 9.17) is 32.4 Å². The van der Waals surface area contributed by atoms with E-state index in [0.29, 0.717) is 0 Å². The zero-order valence-corrected chi connectivity index (χ0v) is 28.4. The van der Waals surface area contributed by atoms with Gasteiger partial charge in [0.2, 0.25) is 11.8 Å². The largest absolute Gasteiger partial charge is 0.523 e. The van der Waals surface area contributed by atoms with Crippen LogP contribution in [0.25, 0.3) is 11.2 Å². The number of hydrogen-bond acceptors (Lipinski definition) is 12. The molecular weight excluding hydrogens is 632 g/mol. The number of anilines is 1. The third-order valence-electron chi connectivity index (χ3n) is 8.01. The zero-order chi connectivity index (χ0) is 32.3. The van der Waals surface area contributed by atoms with Crippen LogP contribution in [0.2, 0.25) is 22.2 Å². The minimum Gasteiger partial charge on any atom is -0.479 e. The Bertz CT molecular complexity index is 1410. The number of ether oxygens (including phenoxy) is 2. The van der Waals surface area contributed by atoms with Crippen LogP contribution in [0.15, 0.2) is 6.33 Å². The summed E-state index contributed by atoms with van der Waals surface area (Å²) in [5.41, 5.74) is -0.139. The van der Waals surface area contributed by atoms with Gasteiger partial charge in [-0.05, 0) is 22.2 Å². The number of hydrogen-bond donors (Lipinski definition) is 1. The second-order valence-corrected chi connectivity index (χ2v) is 22.4. The summed E-state index contributed by atoms with van der Waals surface area (Å²) in [6.45, 7) is 15.6. The molecular formula is C24H40F3N5O8SSi2. The molecule has 13 nitrogen and oxygen atoms in total. The van der Waals surface area contributed by atoms with Gasteiger partial charge in [0, 0.05) is 0 Å². The molecule has 43 heavy (non-hydrogen) atoms. The second kappa shape index (κ2) is 11.8. The summed E-state index contributed by atoms with van der Waals surface area (Å²) in [6, 6.07) is 0. The van der Waals surface area contributed by atoms with Crippen LogP contribution < -0.4 is 10.5 Å². The summed E-state index contributed by atoms with van der Waals surface area (Å²) in [4.78, 5) is 12.4. The van der Waals surface area contributed by atoms with Gasteiger partial charge < -0.3 is 28.2 Å².